The van der Waals surface area contributed by atoms with Gasteiger partial charge in [0.25, 0.3) is 0 Å². The predicted octanol–water partition coefficient (Wildman–Crippen LogP) is 9.14. The minimum atomic E-state index is 0.471. The molecule has 4 heteroatoms. The predicted molar refractivity (Wildman–Crippen MR) is 183 cm³/mol. The van der Waals surface area contributed by atoms with Crippen molar-refractivity contribution in [2.24, 2.45) is 65.1 Å². The van der Waals surface area contributed by atoms with Gasteiger partial charge in [-0.15, -0.1) is 0 Å². The van der Waals surface area contributed by atoms with Crippen molar-refractivity contribution in [2.45, 2.75) is 191 Å². The van der Waals surface area contributed by atoms with Gasteiger partial charge < -0.3 is 4.74 Å². The third-order valence-corrected chi connectivity index (χ3v) is 16.5. The van der Waals surface area contributed by atoms with Crippen molar-refractivity contribution in [3.63, 3.8) is 0 Å². The molecule has 7 saturated carbocycles. The van der Waals surface area contributed by atoms with Gasteiger partial charge >= 0.3 is 0 Å². The molecule has 9 rings (SSSR count). The van der Waals surface area contributed by atoms with Crippen LogP contribution in [0.25, 0.3) is 0 Å². The first kappa shape index (κ1) is 30.9. The van der Waals surface area contributed by atoms with E-state index in [1.807, 2.05) is 0 Å². The van der Waals surface area contributed by atoms with Gasteiger partial charge in [-0.25, -0.2) is 0 Å². The first-order chi connectivity index (χ1) is 22.3. The molecule has 14 unspecified atom stereocenters. The third kappa shape index (κ3) is 6.14. The van der Waals surface area contributed by atoms with Crippen LogP contribution < -0.4 is 16.0 Å². The van der Waals surface area contributed by atoms with E-state index < -0.39 is 0 Å². The van der Waals surface area contributed by atoms with Crippen molar-refractivity contribution >= 4 is 0 Å². The molecule has 2 saturated heterocycles. The highest BCUT2D eigenvalue weighted by Crippen LogP contribution is 2.58. The molecule has 0 aromatic carbocycles. The molecule has 9 aliphatic rings. The van der Waals surface area contributed by atoms with Gasteiger partial charge in [0.15, 0.2) is 0 Å². The lowest BCUT2D eigenvalue weighted by Gasteiger charge is -2.53. The maximum absolute atomic E-state index is 7.48. The SMILES string of the molecule is C1CCC(C2NC(C3CCC4CCCCC4C3)NC(C3CCC(C4CCCCC4)C4OC5CC6CCCCC6CC5C34)N2)CC1. The Bertz CT molecular complexity index is 976. The molecule has 2 aliphatic heterocycles. The van der Waals surface area contributed by atoms with E-state index in [-0.39, 0.29) is 0 Å². The van der Waals surface area contributed by atoms with E-state index in [2.05, 4.69) is 16.0 Å². The summed E-state index contributed by atoms with van der Waals surface area (Å²) in [6.45, 7) is 0. The number of hydrogen-bond donors (Lipinski definition) is 3. The summed E-state index contributed by atoms with van der Waals surface area (Å²) in [5.41, 5.74) is 0. The van der Waals surface area contributed by atoms with Crippen LogP contribution in [0.5, 0.6) is 0 Å². The van der Waals surface area contributed by atoms with E-state index in [9.17, 15) is 0 Å². The summed E-state index contributed by atoms with van der Waals surface area (Å²) in [5.74, 6) is 9.79. The molecular formula is C41H69N3O. The zero-order chi connectivity index (χ0) is 29.7. The van der Waals surface area contributed by atoms with Crippen LogP contribution in [0, 0.1) is 65.1 Å². The van der Waals surface area contributed by atoms with Crippen LogP contribution in [-0.4, -0.2) is 30.7 Å². The quantitative estimate of drug-likeness (QED) is 0.294. The van der Waals surface area contributed by atoms with Gasteiger partial charge in [0.1, 0.15) is 0 Å². The molecule has 0 aromatic rings. The van der Waals surface area contributed by atoms with Crippen molar-refractivity contribution in [3.8, 4) is 0 Å². The molecule has 45 heavy (non-hydrogen) atoms. The highest BCUT2D eigenvalue weighted by Gasteiger charge is 2.58. The van der Waals surface area contributed by atoms with Crippen LogP contribution in [0.4, 0.5) is 0 Å². The van der Waals surface area contributed by atoms with Gasteiger partial charge in [0.2, 0.25) is 0 Å². The zero-order valence-electron chi connectivity index (χ0n) is 28.8. The van der Waals surface area contributed by atoms with Gasteiger partial charge in [0.05, 0.1) is 30.7 Å². The van der Waals surface area contributed by atoms with E-state index in [0.717, 1.165) is 65.1 Å². The maximum Gasteiger partial charge on any atom is 0.0645 e. The minimum absolute atomic E-state index is 0.471. The molecule has 14 atom stereocenters. The van der Waals surface area contributed by atoms with E-state index in [4.69, 9.17) is 4.74 Å². The molecule has 4 nitrogen and oxygen atoms in total. The smallest absolute Gasteiger partial charge is 0.0645 e. The first-order valence-electron chi connectivity index (χ1n) is 21.2. The van der Waals surface area contributed by atoms with Gasteiger partial charge in [-0.1, -0.05) is 103 Å². The molecule has 0 radical (unpaired) electrons. The first-order valence-corrected chi connectivity index (χ1v) is 21.2. The molecule has 0 spiro atoms. The largest absolute Gasteiger partial charge is 0.374 e. The molecule has 2 heterocycles. The van der Waals surface area contributed by atoms with Crippen molar-refractivity contribution in [1.82, 2.24) is 16.0 Å². The summed E-state index contributed by atoms with van der Waals surface area (Å²) in [7, 11) is 0. The molecule has 0 aromatic heterocycles. The fourth-order valence-electron chi connectivity index (χ4n) is 14.3. The lowest BCUT2D eigenvalue weighted by Crippen LogP contribution is -2.73. The highest BCUT2D eigenvalue weighted by molar-refractivity contribution is 5.08. The van der Waals surface area contributed by atoms with Crippen LogP contribution in [0.2, 0.25) is 0 Å². The Kier molecular flexibility index (Phi) is 9.35. The fourth-order valence-corrected chi connectivity index (χ4v) is 14.3. The molecule has 0 amide bonds. The molecule has 7 aliphatic carbocycles. The van der Waals surface area contributed by atoms with Crippen LogP contribution >= 0.6 is 0 Å². The van der Waals surface area contributed by atoms with E-state index in [1.54, 1.807) is 0 Å². The summed E-state index contributed by atoms with van der Waals surface area (Å²) in [5, 5.41) is 13.2. The Morgan fingerprint density at radius 1 is 0.333 bits per heavy atom. The van der Waals surface area contributed by atoms with Gasteiger partial charge in [-0.3, -0.25) is 16.0 Å². The van der Waals surface area contributed by atoms with E-state index >= 15 is 0 Å². The summed E-state index contributed by atoms with van der Waals surface area (Å²) in [6, 6.07) is 0. The highest BCUT2D eigenvalue weighted by atomic mass is 16.5. The summed E-state index contributed by atoms with van der Waals surface area (Å²) < 4.78 is 7.48. The minimum Gasteiger partial charge on any atom is -0.374 e. The van der Waals surface area contributed by atoms with Crippen LogP contribution in [0.3, 0.4) is 0 Å². The van der Waals surface area contributed by atoms with Gasteiger partial charge in [-0.2, -0.15) is 0 Å². The number of nitrogens with one attached hydrogen (secondary N) is 3. The average molecular weight is 620 g/mol. The maximum atomic E-state index is 7.48. The summed E-state index contributed by atoms with van der Waals surface area (Å²) in [4.78, 5) is 0. The summed E-state index contributed by atoms with van der Waals surface area (Å²) >= 11 is 0. The lowest BCUT2D eigenvalue weighted by atomic mass is 9.57. The Balaban J connectivity index is 0.992. The Morgan fingerprint density at radius 3 is 1.58 bits per heavy atom. The van der Waals surface area contributed by atoms with Crippen molar-refractivity contribution in [1.29, 1.82) is 0 Å². The Labute approximate surface area is 276 Å². The monoisotopic (exact) mass is 620 g/mol. The second kappa shape index (κ2) is 13.6. The number of ether oxygens (including phenoxy) is 1. The topological polar surface area (TPSA) is 45.3 Å². The fraction of sp³-hybridized carbons (Fsp3) is 1.00. The van der Waals surface area contributed by atoms with E-state index in [1.165, 1.54) is 161 Å². The molecule has 3 N–H and O–H groups in total. The molecule has 9 fully saturated rings. The standard InChI is InChI=1S/C41H69N3O/c1-3-12-27(13-4-1)33-21-22-34(37-35-24-30-17-9-10-18-31(30)25-36(35)45-38(33)37)41-43-39(28-14-5-2-6-15-28)42-40(44-41)32-20-19-26-11-7-8-16-29(26)23-32/h26-44H,1-25H2. The normalized spacial score (nSPS) is 51.5. The second-order valence-corrected chi connectivity index (χ2v) is 18.7. The molecule has 254 valence electrons. The van der Waals surface area contributed by atoms with Crippen LogP contribution in [0.15, 0.2) is 0 Å². The van der Waals surface area contributed by atoms with Gasteiger partial charge in [-0.05, 0) is 123 Å². The third-order valence-electron chi connectivity index (χ3n) is 16.5. The number of hydrogen-bond acceptors (Lipinski definition) is 4. The van der Waals surface area contributed by atoms with Crippen LogP contribution in [0.1, 0.15) is 161 Å². The Hall–Kier alpha value is -0.160. The van der Waals surface area contributed by atoms with Crippen molar-refractivity contribution in [3.05, 3.63) is 0 Å². The zero-order valence-corrected chi connectivity index (χ0v) is 28.8. The Morgan fingerprint density at radius 2 is 0.844 bits per heavy atom. The van der Waals surface area contributed by atoms with Crippen LogP contribution in [-0.2, 0) is 4.74 Å². The van der Waals surface area contributed by atoms with Crippen molar-refractivity contribution < 1.29 is 4.74 Å². The van der Waals surface area contributed by atoms with Gasteiger partial charge in [0, 0.05) is 0 Å². The molecule has 0 bridgehead atoms. The van der Waals surface area contributed by atoms with Crippen molar-refractivity contribution in [2.75, 3.05) is 0 Å². The molecular weight excluding hydrogens is 550 g/mol. The lowest BCUT2D eigenvalue weighted by molar-refractivity contribution is -0.0748. The van der Waals surface area contributed by atoms with E-state index in [0.29, 0.717) is 30.7 Å². The number of rotatable bonds is 4. The summed E-state index contributed by atoms with van der Waals surface area (Å²) in [6.07, 6.45) is 39.4. The number of fused-ring (bicyclic) bond motifs is 5. The second-order valence-electron chi connectivity index (χ2n) is 18.7. The average Bonchev–Trinajstić information content (AvgIpc) is 3.49.